The number of thioether (sulfide) groups is 1. The number of nitrogens with one attached hydrogen (secondary N) is 2. The van der Waals surface area contributed by atoms with E-state index < -0.39 is 0 Å². The standard InChI is InChI=1S/C16H24N2OS/c1-11(2)10-14(16(19)17-3)18-13-8-9-20-15-7-5-4-6-12(13)15/h4-7,11,13-14,18H,8-10H2,1-3H3,(H,17,19). The quantitative estimate of drug-likeness (QED) is 0.876. The first kappa shape index (κ1) is 15.4. The molecule has 1 aliphatic rings. The third-order valence-electron chi connectivity index (χ3n) is 3.63. The highest BCUT2D eigenvalue weighted by Gasteiger charge is 2.26. The fraction of sp³-hybridized carbons (Fsp3) is 0.562. The molecule has 3 nitrogen and oxygen atoms in total. The number of likely N-dealkylation sites (N-methyl/N-ethyl adjacent to an activating group) is 1. The summed E-state index contributed by atoms with van der Waals surface area (Å²) in [4.78, 5) is 13.4. The maximum absolute atomic E-state index is 12.1. The highest BCUT2D eigenvalue weighted by molar-refractivity contribution is 7.99. The number of benzene rings is 1. The maximum atomic E-state index is 12.1. The summed E-state index contributed by atoms with van der Waals surface area (Å²) >= 11 is 1.91. The van der Waals surface area contributed by atoms with Crippen LogP contribution in [0.2, 0.25) is 0 Å². The lowest BCUT2D eigenvalue weighted by Crippen LogP contribution is -2.45. The zero-order valence-corrected chi connectivity index (χ0v) is 13.3. The molecular weight excluding hydrogens is 268 g/mol. The molecule has 0 spiro atoms. The molecule has 0 aliphatic carbocycles. The molecule has 2 N–H and O–H groups in total. The number of rotatable bonds is 5. The topological polar surface area (TPSA) is 41.1 Å². The van der Waals surface area contributed by atoms with Gasteiger partial charge in [0.1, 0.15) is 0 Å². The average Bonchev–Trinajstić information content (AvgIpc) is 2.45. The molecule has 0 bridgehead atoms. The Balaban J connectivity index is 2.13. The van der Waals surface area contributed by atoms with Gasteiger partial charge in [-0.2, -0.15) is 0 Å². The van der Waals surface area contributed by atoms with Crippen molar-refractivity contribution in [1.29, 1.82) is 0 Å². The van der Waals surface area contributed by atoms with E-state index >= 15 is 0 Å². The number of carbonyl (C=O) groups is 1. The van der Waals surface area contributed by atoms with E-state index in [2.05, 4.69) is 48.7 Å². The van der Waals surface area contributed by atoms with Crippen LogP contribution in [0.3, 0.4) is 0 Å². The van der Waals surface area contributed by atoms with Crippen LogP contribution in [0.1, 0.15) is 38.3 Å². The summed E-state index contributed by atoms with van der Waals surface area (Å²) in [5, 5.41) is 6.35. The molecule has 1 aliphatic heterocycles. The first-order chi connectivity index (χ1) is 9.61. The molecule has 0 fully saturated rings. The van der Waals surface area contributed by atoms with Gasteiger partial charge in [-0.1, -0.05) is 32.0 Å². The van der Waals surface area contributed by atoms with Crippen LogP contribution in [-0.2, 0) is 4.79 Å². The van der Waals surface area contributed by atoms with Gasteiger partial charge in [-0.15, -0.1) is 11.8 Å². The number of fused-ring (bicyclic) bond motifs is 1. The van der Waals surface area contributed by atoms with E-state index in [0.29, 0.717) is 5.92 Å². The van der Waals surface area contributed by atoms with Gasteiger partial charge in [-0.3, -0.25) is 10.1 Å². The summed E-state index contributed by atoms with van der Waals surface area (Å²) in [6, 6.07) is 8.69. The first-order valence-electron chi connectivity index (χ1n) is 7.31. The molecule has 1 aromatic carbocycles. The number of amides is 1. The van der Waals surface area contributed by atoms with Crippen molar-refractivity contribution in [3.63, 3.8) is 0 Å². The van der Waals surface area contributed by atoms with Gasteiger partial charge in [0.25, 0.3) is 0 Å². The predicted octanol–water partition coefficient (Wildman–Crippen LogP) is 2.97. The molecule has 1 aromatic rings. The monoisotopic (exact) mass is 292 g/mol. The maximum Gasteiger partial charge on any atom is 0.236 e. The van der Waals surface area contributed by atoms with E-state index in [1.807, 2.05) is 11.8 Å². The minimum absolute atomic E-state index is 0.0920. The van der Waals surface area contributed by atoms with Crippen LogP contribution in [0.4, 0.5) is 0 Å². The van der Waals surface area contributed by atoms with Gasteiger partial charge in [0, 0.05) is 18.0 Å². The van der Waals surface area contributed by atoms with Gasteiger partial charge in [0.05, 0.1) is 6.04 Å². The molecule has 0 saturated heterocycles. The lowest BCUT2D eigenvalue weighted by Gasteiger charge is -2.30. The molecular formula is C16H24N2OS. The molecule has 1 heterocycles. The van der Waals surface area contributed by atoms with E-state index in [1.165, 1.54) is 10.5 Å². The van der Waals surface area contributed by atoms with E-state index in [-0.39, 0.29) is 18.0 Å². The molecule has 0 aromatic heterocycles. The highest BCUT2D eigenvalue weighted by Crippen LogP contribution is 2.36. The van der Waals surface area contributed by atoms with Crippen LogP contribution in [0.25, 0.3) is 0 Å². The van der Waals surface area contributed by atoms with Crippen molar-refractivity contribution >= 4 is 17.7 Å². The fourth-order valence-electron chi connectivity index (χ4n) is 2.65. The fourth-order valence-corrected chi connectivity index (χ4v) is 3.78. The summed E-state index contributed by atoms with van der Waals surface area (Å²) in [6.07, 6.45) is 1.94. The number of hydrogen-bond acceptors (Lipinski definition) is 3. The van der Waals surface area contributed by atoms with Crippen molar-refractivity contribution in [2.24, 2.45) is 5.92 Å². The smallest absolute Gasteiger partial charge is 0.236 e. The van der Waals surface area contributed by atoms with Gasteiger partial charge in [-0.05, 0) is 36.1 Å². The Morgan fingerprint density at radius 3 is 2.85 bits per heavy atom. The van der Waals surface area contributed by atoms with E-state index in [1.54, 1.807) is 7.05 Å². The Kier molecular flexibility index (Phi) is 5.49. The van der Waals surface area contributed by atoms with Crippen LogP contribution in [-0.4, -0.2) is 24.7 Å². The van der Waals surface area contributed by atoms with E-state index in [9.17, 15) is 4.79 Å². The summed E-state index contributed by atoms with van der Waals surface area (Å²) < 4.78 is 0. The van der Waals surface area contributed by atoms with Crippen LogP contribution in [0, 0.1) is 5.92 Å². The molecule has 2 rings (SSSR count). The van der Waals surface area contributed by atoms with Crippen LogP contribution in [0.15, 0.2) is 29.2 Å². The summed E-state index contributed by atoms with van der Waals surface area (Å²) in [6.45, 7) is 4.31. The Labute approximate surface area is 125 Å². The van der Waals surface area contributed by atoms with Gasteiger partial charge in [0.15, 0.2) is 0 Å². The number of hydrogen-bond donors (Lipinski definition) is 2. The Morgan fingerprint density at radius 2 is 2.15 bits per heavy atom. The van der Waals surface area contributed by atoms with Crippen molar-refractivity contribution in [3.8, 4) is 0 Å². The predicted molar refractivity (Wildman–Crippen MR) is 85.0 cm³/mol. The SMILES string of the molecule is CNC(=O)C(CC(C)C)NC1CCSc2ccccc21. The zero-order chi connectivity index (χ0) is 14.5. The van der Waals surface area contributed by atoms with E-state index in [4.69, 9.17) is 0 Å². The third kappa shape index (κ3) is 3.76. The van der Waals surface area contributed by atoms with Gasteiger partial charge >= 0.3 is 0 Å². The molecule has 110 valence electrons. The second-order valence-electron chi connectivity index (χ2n) is 5.69. The van der Waals surface area contributed by atoms with Crippen LogP contribution >= 0.6 is 11.8 Å². The third-order valence-corrected chi connectivity index (χ3v) is 4.75. The van der Waals surface area contributed by atoms with Gasteiger partial charge in [-0.25, -0.2) is 0 Å². The van der Waals surface area contributed by atoms with Crippen LogP contribution in [0.5, 0.6) is 0 Å². The molecule has 2 atom stereocenters. The zero-order valence-electron chi connectivity index (χ0n) is 12.5. The second-order valence-corrected chi connectivity index (χ2v) is 6.83. The molecule has 1 amide bonds. The minimum Gasteiger partial charge on any atom is -0.358 e. The van der Waals surface area contributed by atoms with Crippen molar-refractivity contribution in [2.45, 2.75) is 43.7 Å². The Hall–Kier alpha value is -1.00. The van der Waals surface area contributed by atoms with Gasteiger partial charge < -0.3 is 5.32 Å². The normalized spacial score (nSPS) is 19.5. The van der Waals surface area contributed by atoms with Crippen molar-refractivity contribution in [1.82, 2.24) is 10.6 Å². The minimum atomic E-state index is -0.110. The summed E-state index contributed by atoms with van der Waals surface area (Å²) in [5.41, 5.74) is 1.33. The molecule has 20 heavy (non-hydrogen) atoms. The molecule has 0 radical (unpaired) electrons. The van der Waals surface area contributed by atoms with Crippen molar-refractivity contribution < 1.29 is 4.79 Å². The number of carbonyl (C=O) groups excluding carboxylic acids is 1. The van der Waals surface area contributed by atoms with Crippen molar-refractivity contribution in [2.75, 3.05) is 12.8 Å². The highest BCUT2D eigenvalue weighted by atomic mass is 32.2. The summed E-state index contributed by atoms with van der Waals surface area (Å²) in [7, 11) is 1.71. The largest absolute Gasteiger partial charge is 0.358 e. The lowest BCUT2D eigenvalue weighted by molar-refractivity contribution is -0.123. The van der Waals surface area contributed by atoms with Crippen LogP contribution < -0.4 is 10.6 Å². The summed E-state index contributed by atoms with van der Waals surface area (Å²) in [5.74, 6) is 1.70. The molecule has 2 unspecified atom stereocenters. The first-order valence-corrected chi connectivity index (χ1v) is 8.29. The Bertz CT molecular complexity index is 462. The van der Waals surface area contributed by atoms with Gasteiger partial charge in [0.2, 0.25) is 5.91 Å². The molecule has 0 saturated carbocycles. The molecule has 4 heteroatoms. The van der Waals surface area contributed by atoms with E-state index in [0.717, 1.165) is 18.6 Å². The average molecular weight is 292 g/mol. The lowest BCUT2D eigenvalue weighted by atomic mass is 9.98. The van der Waals surface area contributed by atoms with Crippen molar-refractivity contribution in [3.05, 3.63) is 29.8 Å². The Morgan fingerprint density at radius 1 is 1.40 bits per heavy atom. The second kappa shape index (κ2) is 7.14.